The van der Waals surface area contributed by atoms with Crippen LogP contribution in [0.25, 0.3) is 21.9 Å². The van der Waals surface area contributed by atoms with Crippen LogP contribution in [0.5, 0.6) is 0 Å². The second-order valence-corrected chi connectivity index (χ2v) is 20.4. The van der Waals surface area contributed by atoms with Crippen molar-refractivity contribution in [2.45, 2.75) is 77.9 Å². The van der Waals surface area contributed by atoms with Crippen molar-refractivity contribution in [2.24, 2.45) is 12.5 Å². The van der Waals surface area contributed by atoms with Crippen molar-refractivity contribution in [3.63, 3.8) is 0 Å². The number of hydrogen-bond donors (Lipinski definition) is 5. The number of hydrogen-bond acceptors (Lipinski definition) is 19. The molecule has 436 valence electrons. The minimum absolute atomic E-state index is 0.0241. The second kappa shape index (κ2) is 30.8. The number of likely N-dealkylation sites (tertiary alicyclic amines) is 1. The van der Waals surface area contributed by atoms with Crippen LogP contribution >= 0.6 is 11.3 Å². The molecule has 1 saturated heterocycles. The lowest BCUT2D eigenvalue weighted by molar-refractivity contribution is -0.144. The lowest BCUT2D eigenvalue weighted by Gasteiger charge is -2.35. The number of oxazole rings is 1. The number of amides is 4. The van der Waals surface area contributed by atoms with Crippen molar-refractivity contribution in [3.05, 3.63) is 83.2 Å². The number of rotatable bonds is 33. The first kappa shape index (κ1) is 62.5. The van der Waals surface area contributed by atoms with Gasteiger partial charge in [-0.05, 0) is 42.0 Å². The van der Waals surface area contributed by atoms with Crippen LogP contribution < -0.4 is 21.3 Å². The van der Waals surface area contributed by atoms with Crippen LogP contribution in [0.1, 0.15) is 72.3 Å². The van der Waals surface area contributed by atoms with E-state index in [1.165, 1.54) is 34.1 Å². The number of carbonyl (C=O) groups excluding carboxylic acids is 5. The van der Waals surface area contributed by atoms with Gasteiger partial charge >= 0.3 is 6.18 Å². The third kappa shape index (κ3) is 20.1. The Bertz CT molecular complexity index is 2790. The highest BCUT2D eigenvalue weighted by Gasteiger charge is 2.44. The Balaban J connectivity index is 0.744. The summed E-state index contributed by atoms with van der Waals surface area (Å²) in [4.78, 5) is 81.0. The number of pyridine rings is 1. The first-order valence-electron chi connectivity index (χ1n) is 25.9. The van der Waals surface area contributed by atoms with Gasteiger partial charge in [0.15, 0.2) is 17.2 Å². The number of aryl methyl sites for hydroxylation is 2. The number of aliphatic hydroxyl groups is 1. The van der Waals surface area contributed by atoms with Gasteiger partial charge in [-0.25, -0.2) is 15.0 Å². The average molecular weight is 1140 g/mol. The normalized spacial score (nSPS) is 15.0. The van der Waals surface area contributed by atoms with Gasteiger partial charge in [-0.2, -0.15) is 18.3 Å². The Morgan fingerprint density at radius 1 is 0.863 bits per heavy atom. The van der Waals surface area contributed by atoms with E-state index in [2.05, 4.69) is 41.3 Å². The third-order valence-electron chi connectivity index (χ3n) is 12.1. The number of alkyl halides is 3. The largest absolute Gasteiger partial charge is 0.444 e. The monoisotopic (exact) mass is 1140 g/mol. The first-order chi connectivity index (χ1) is 38.3. The Labute approximate surface area is 464 Å². The zero-order chi connectivity index (χ0) is 57.7. The molecule has 5 heterocycles. The minimum atomic E-state index is -4.44. The van der Waals surface area contributed by atoms with Gasteiger partial charge in [-0.15, -0.1) is 11.3 Å². The van der Waals surface area contributed by atoms with E-state index in [9.17, 15) is 42.3 Å². The quantitative estimate of drug-likeness (QED) is 0.0273. The molecule has 4 aromatic heterocycles. The van der Waals surface area contributed by atoms with E-state index in [1.54, 1.807) is 23.9 Å². The topological polar surface area (TPSA) is 282 Å². The van der Waals surface area contributed by atoms with Crippen LogP contribution in [0.3, 0.4) is 0 Å². The molecule has 5 aromatic rings. The summed E-state index contributed by atoms with van der Waals surface area (Å²) in [6, 6.07) is 8.67. The van der Waals surface area contributed by atoms with E-state index < -0.39 is 60.0 Å². The number of carbonyl (C=O) groups is 5. The fraction of sp³-hybridized carbons (Fsp3) is 0.528. The molecule has 0 radical (unpaired) electrons. The van der Waals surface area contributed by atoms with Crippen molar-refractivity contribution in [3.8, 4) is 21.9 Å². The number of halogens is 3. The molecule has 0 spiro atoms. The molecule has 3 atom stereocenters. The van der Waals surface area contributed by atoms with Crippen molar-refractivity contribution in [1.82, 2.24) is 40.3 Å². The predicted molar refractivity (Wildman–Crippen MR) is 286 cm³/mol. The number of aliphatic hydroxyl groups excluding tert-OH is 1. The Kier molecular flexibility index (Phi) is 24.0. The van der Waals surface area contributed by atoms with Crippen molar-refractivity contribution in [2.75, 3.05) is 103 Å². The van der Waals surface area contributed by atoms with Crippen LogP contribution in [0.15, 0.2) is 65.0 Å². The lowest BCUT2D eigenvalue weighted by Crippen LogP contribution is -2.58. The molecular formula is C53H69F3N10O13S. The van der Waals surface area contributed by atoms with Gasteiger partial charge in [0.1, 0.15) is 37.3 Å². The first-order valence-corrected chi connectivity index (χ1v) is 26.8. The molecule has 1 aromatic carbocycles. The number of aromatic nitrogens is 5. The lowest BCUT2D eigenvalue weighted by atomic mass is 9.85. The summed E-state index contributed by atoms with van der Waals surface area (Å²) in [6.07, 6.45) is -0.953. The standard InChI is InChI=1S/C53H69F3N10O13S/c1-34-46(80-33-60-34)36-10-8-35(9-11-36)27-58-49(71)41-26-38(67)28-66(41)51(72)47(52(2,3)4)63-44(69)31-78-24-23-77-22-21-76-20-19-75-18-17-74-16-15-73-14-6-7-42(68)45-39(29-65(5)64-45)61-48(70)40-30-79-50(62-40)37-12-13-57-43(25-37)59-32-53(54,55)56/h8-13,25,29-30,33,38,41,47,67H,6-7,14-24,26-28,31-32H2,1-5H3,(H,57,59)(H,58,71)(H,61,70)(H,63,69)/t38-,41+,47-/m1/s1. The summed E-state index contributed by atoms with van der Waals surface area (Å²) in [5, 5.41) is 25.2. The van der Waals surface area contributed by atoms with Gasteiger partial charge in [0, 0.05) is 57.5 Å². The fourth-order valence-corrected chi connectivity index (χ4v) is 8.85. The number of nitrogens with zero attached hydrogens (tertiary/aromatic N) is 6. The van der Waals surface area contributed by atoms with E-state index in [0.717, 1.165) is 28.0 Å². The van der Waals surface area contributed by atoms with Gasteiger partial charge in [0.25, 0.3) is 5.91 Å². The highest BCUT2D eigenvalue weighted by atomic mass is 32.1. The number of anilines is 2. The second-order valence-electron chi connectivity index (χ2n) is 19.5. The molecule has 0 bridgehead atoms. The molecule has 0 aliphatic carbocycles. The van der Waals surface area contributed by atoms with E-state index in [0.29, 0.717) is 52.7 Å². The molecule has 1 fully saturated rings. The maximum absolute atomic E-state index is 13.9. The van der Waals surface area contributed by atoms with Crippen LogP contribution in [-0.2, 0) is 56.4 Å². The van der Waals surface area contributed by atoms with Crippen LogP contribution in [0.4, 0.5) is 24.7 Å². The maximum Gasteiger partial charge on any atom is 0.405 e. The molecule has 0 saturated carbocycles. The van der Waals surface area contributed by atoms with Crippen molar-refractivity contribution >= 4 is 52.3 Å². The summed E-state index contributed by atoms with van der Waals surface area (Å²) in [5.74, 6) is -2.47. The third-order valence-corrected chi connectivity index (χ3v) is 13.0. The highest BCUT2D eigenvalue weighted by Crippen LogP contribution is 2.29. The molecule has 27 heteroatoms. The summed E-state index contributed by atoms with van der Waals surface area (Å²) in [5.41, 5.74) is 4.30. The minimum Gasteiger partial charge on any atom is -0.444 e. The zero-order valence-corrected chi connectivity index (χ0v) is 46.1. The molecule has 80 heavy (non-hydrogen) atoms. The number of β-amino-alcohol motifs (C(OH)–C–C–N with tert-alkyl or cyclic N) is 1. The molecule has 1 aliphatic rings. The summed E-state index contributed by atoms with van der Waals surface area (Å²) >= 11 is 1.56. The fourth-order valence-electron chi connectivity index (χ4n) is 8.03. The molecular weight excluding hydrogens is 1070 g/mol. The Morgan fingerprint density at radius 3 is 2.11 bits per heavy atom. The number of ketones is 1. The number of nitrogens with one attached hydrogen (secondary N) is 4. The van der Waals surface area contributed by atoms with E-state index in [-0.39, 0.29) is 99.1 Å². The van der Waals surface area contributed by atoms with Gasteiger partial charge < -0.3 is 64.1 Å². The molecule has 1 aliphatic heterocycles. The van der Waals surface area contributed by atoms with E-state index in [1.807, 2.05) is 52.0 Å². The SMILES string of the molecule is Cc1ncsc1-c1ccc(CNC(=O)[C@@H]2C[C@@H](O)CN2C(=O)[C@@H](NC(=O)COCCOCCOCCOCCOCCOCCCC(=O)c2nn(C)cc2NC(=O)c2coc(-c3ccnc(NCC(F)(F)F)c3)n2)C(C)(C)C)cc1. The number of ether oxygens (including phenoxy) is 6. The summed E-state index contributed by atoms with van der Waals surface area (Å²) < 4.78 is 77.8. The Hall–Kier alpha value is -6.72. The molecule has 6 rings (SSSR count). The van der Waals surface area contributed by atoms with Crippen LogP contribution in [0, 0.1) is 12.3 Å². The molecule has 23 nitrogen and oxygen atoms in total. The number of Topliss-reactive ketones (excluding diaryl/α,β-unsaturated/α-hetero) is 1. The maximum atomic E-state index is 13.9. The van der Waals surface area contributed by atoms with Crippen molar-refractivity contribution in [1.29, 1.82) is 0 Å². The van der Waals surface area contributed by atoms with Crippen LogP contribution in [0.2, 0.25) is 0 Å². The Morgan fingerprint density at radius 2 is 1.50 bits per heavy atom. The zero-order valence-electron chi connectivity index (χ0n) is 45.3. The molecule has 5 N–H and O–H groups in total. The smallest absolute Gasteiger partial charge is 0.405 e. The molecule has 4 amide bonds. The highest BCUT2D eigenvalue weighted by molar-refractivity contribution is 7.13. The van der Waals surface area contributed by atoms with Crippen LogP contribution in [-0.4, -0.2) is 181 Å². The van der Waals surface area contributed by atoms with Gasteiger partial charge in [0.2, 0.25) is 23.6 Å². The average Bonchev–Trinajstić information content (AvgIpc) is 4.25. The number of thiazole rings is 1. The summed E-state index contributed by atoms with van der Waals surface area (Å²) in [7, 11) is 1.60. The molecule has 0 unspecified atom stereocenters. The predicted octanol–water partition coefficient (Wildman–Crippen LogP) is 5.00. The van der Waals surface area contributed by atoms with Gasteiger partial charge in [-0.1, -0.05) is 45.0 Å². The van der Waals surface area contributed by atoms with Gasteiger partial charge in [-0.3, -0.25) is 28.7 Å². The van der Waals surface area contributed by atoms with Gasteiger partial charge in [0.05, 0.1) is 93.9 Å². The number of benzene rings is 1. The van der Waals surface area contributed by atoms with E-state index in [4.69, 9.17) is 32.8 Å². The van der Waals surface area contributed by atoms with E-state index >= 15 is 0 Å². The van der Waals surface area contributed by atoms with Crippen molar-refractivity contribution < 1.29 is 75.1 Å². The summed E-state index contributed by atoms with van der Waals surface area (Å²) in [6.45, 7) is 9.14.